The molecule has 1 aromatic rings. The molecule has 136 valence electrons. The fraction of sp³-hybridized carbons (Fsp3) is 0.412. The third-order valence-electron chi connectivity index (χ3n) is 4.15. The SMILES string of the molecule is C=CC(=O)N(C)c1ccc(C(=O)N2CCOC(C(F)(F)F)C2C)cc1. The number of halogens is 3. The molecule has 0 bridgehead atoms. The molecule has 2 atom stereocenters. The molecular weight excluding hydrogens is 337 g/mol. The van der Waals surface area contributed by atoms with E-state index in [0.29, 0.717) is 5.69 Å². The van der Waals surface area contributed by atoms with Crippen molar-refractivity contribution in [3.05, 3.63) is 42.5 Å². The van der Waals surface area contributed by atoms with Crippen molar-refractivity contribution in [2.24, 2.45) is 0 Å². The summed E-state index contributed by atoms with van der Waals surface area (Å²) in [4.78, 5) is 26.6. The molecule has 5 nitrogen and oxygen atoms in total. The molecule has 2 amide bonds. The summed E-state index contributed by atoms with van der Waals surface area (Å²) >= 11 is 0. The molecule has 1 saturated heterocycles. The maximum Gasteiger partial charge on any atom is 0.416 e. The predicted octanol–water partition coefficient (Wildman–Crippen LogP) is 2.63. The number of alkyl halides is 3. The fourth-order valence-corrected chi connectivity index (χ4v) is 2.70. The minimum absolute atomic E-state index is 0.0865. The van der Waals surface area contributed by atoms with Crippen LogP contribution in [0.3, 0.4) is 0 Å². The highest BCUT2D eigenvalue weighted by molar-refractivity contribution is 6.01. The molecule has 2 unspecified atom stereocenters. The lowest BCUT2D eigenvalue weighted by Crippen LogP contribution is -2.57. The molecule has 25 heavy (non-hydrogen) atoms. The fourth-order valence-electron chi connectivity index (χ4n) is 2.70. The number of morpholine rings is 1. The minimum Gasteiger partial charge on any atom is -0.365 e. The lowest BCUT2D eigenvalue weighted by atomic mass is 10.1. The lowest BCUT2D eigenvalue weighted by molar-refractivity contribution is -0.246. The Morgan fingerprint density at radius 3 is 2.44 bits per heavy atom. The van der Waals surface area contributed by atoms with E-state index < -0.39 is 24.2 Å². The molecule has 1 aliphatic heterocycles. The van der Waals surface area contributed by atoms with Gasteiger partial charge >= 0.3 is 6.18 Å². The quantitative estimate of drug-likeness (QED) is 0.783. The van der Waals surface area contributed by atoms with Crippen molar-refractivity contribution in [2.45, 2.75) is 25.2 Å². The zero-order valence-electron chi connectivity index (χ0n) is 13.9. The van der Waals surface area contributed by atoms with Crippen LogP contribution in [0.15, 0.2) is 36.9 Å². The molecule has 1 fully saturated rings. The number of amides is 2. The van der Waals surface area contributed by atoms with Crippen LogP contribution < -0.4 is 4.90 Å². The summed E-state index contributed by atoms with van der Waals surface area (Å²) in [7, 11) is 1.55. The Morgan fingerprint density at radius 1 is 1.32 bits per heavy atom. The van der Waals surface area contributed by atoms with Gasteiger partial charge in [0.05, 0.1) is 12.6 Å². The van der Waals surface area contributed by atoms with Crippen LogP contribution in [0.25, 0.3) is 0 Å². The molecule has 8 heteroatoms. The Bertz CT molecular complexity index is 658. The standard InChI is InChI=1S/C17H19F3N2O3/c1-4-14(23)21(3)13-7-5-12(6-8-13)16(24)22-9-10-25-15(11(22)2)17(18,19)20/h4-8,11,15H,1,9-10H2,2-3H3. The number of hydrogen-bond acceptors (Lipinski definition) is 3. The Labute approximate surface area is 143 Å². The summed E-state index contributed by atoms with van der Waals surface area (Å²) in [5.74, 6) is -0.816. The second-order valence-corrected chi connectivity index (χ2v) is 5.72. The van der Waals surface area contributed by atoms with Gasteiger partial charge in [-0.1, -0.05) is 6.58 Å². The van der Waals surface area contributed by atoms with Gasteiger partial charge in [0.25, 0.3) is 5.91 Å². The van der Waals surface area contributed by atoms with Crippen LogP contribution in [0.1, 0.15) is 17.3 Å². The Morgan fingerprint density at radius 2 is 1.92 bits per heavy atom. The van der Waals surface area contributed by atoms with Crippen molar-refractivity contribution in [3.8, 4) is 0 Å². The summed E-state index contributed by atoms with van der Waals surface area (Å²) in [6.07, 6.45) is -5.37. The molecule has 0 saturated carbocycles. The van der Waals surface area contributed by atoms with Crippen LogP contribution >= 0.6 is 0 Å². The van der Waals surface area contributed by atoms with E-state index in [-0.39, 0.29) is 24.6 Å². The van der Waals surface area contributed by atoms with Gasteiger partial charge in [0, 0.05) is 24.8 Å². The number of ether oxygens (including phenoxy) is 1. The highest BCUT2D eigenvalue weighted by Crippen LogP contribution is 2.30. The average molecular weight is 356 g/mol. The van der Waals surface area contributed by atoms with Gasteiger partial charge in [0.1, 0.15) is 0 Å². The minimum atomic E-state index is -4.53. The van der Waals surface area contributed by atoms with Gasteiger partial charge in [-0.25, -0.2) is 0 Å². The third kappa shape index (κ3) is 4.01. The second-order valence-electron chi connectivity index (χ2n) is 5.72. The zero-order chi connectivity index (χ0) is 18.8. The first-order valence-electron chi connectivity index (χ1n) is 7.66. The summed E-state index contributed by atoms with van der Waals surface area (Å²) < 4.78 is 43.7. The van der Waals surface area contributed by atoms with Crippen molar-refractivity contribution in [3.63, 3.8) is 0 Å². The van der Waals surface area contributed by atoms with E-state index >= 15 is 0 Å². The van der Waals surface area contributed by atoms with Crippen molar-refractivity contribution in [2.75, 3.05) is 25.1 Å². The maximum absolute atomic E-state index is 13.0. The smallest absolute Gasteiger partial charge is 0.365 e. The van der Waals surface area contributed by atoms with E-state index in [9.17, 15) is 22.8 Å². The van der Waals surface area contributed by atoms with Gasteiger partial charge in [-0.3, -0.25) is 9.59 Å². The Balaban J connectivity index is 2.17. The van der Waals surface area contributed by atoms with Crippen LogP contribution in [0, 0.1) is 0 Å². The number of nitrogens with zero attached hydrogens (tertiary/aromatic N) is 2. The maximum atomic E-state index is 13.0. The van der Waals surface area contributed by atoms with E-state index in [0.717, 1.165) is 11.0 Å². The van der Waals surface area contributed by atoms with E-state index in [4.69, 9.17) is 4.74 Å². The van der Waals surface area contributed by atoms with E-state index in [1.807, 2.05) is 0 Å². The number of benzene rings is 1. The first kappa shape index (κ1) is 19.0. The second kappa shape index (κ2) is 7.26. The van der Waals surface area contributed by atoms with Crippen LogP contribution in [-0.2, 0) is 9.53 Å². The first-order chi connectivity index (χ1) is 11.7. The van der Waals surface area contributed by atoms with Gasteiger partial charge in [-0.2, -0.15) is 13.2 Å². The molecule has 2 rings (SSSR count). The van der Waals surface area contributed by atoms with Crippen LogP contribution in [0.5, 0.6) is 0 Å². The molecule has 0 N–H and O–H groups in total. The monoisotopic (exact) mass is 356 g/mol. The van der Waals surface area contributed by atoms with Gasteiger partial charge in [-0.05, 0) is 37.3 Å². The zero-order valence-corrected chi connectivity index (χ0v) is 13.9. The summed E-state index contributed by atoms with van der Waals surface area (Å²) in [5, 5.41) is 0. The average Bonchev–Trinajstić information content (AvgIpc) is 2.59. The molecule has 1 aromatic carbocycles. The van der Waals surface area contributed by atoms with Crippen LogP contribution in [-0.4, -0.2) is 55.2 Å². The number of anilines is 1. The highest BCUT2D eigenvalue weighted by atomic mass is 19.4. The van der Waals surface area contributed by atoms with Crippen molar-refractivity contribution in [1.29, 1.82) is 0 Å². The van der Waals surface area contributed by atoms with Gasteiger partial charge < -0.3 is 14.5 Å². The molecule has 1 heterocycles. The highest BCUT2D eigenvalue weighted by Gasteiger charge is 2.49. The predicted molar refractivity (Wildman–Crippen MR) is 86.3 cm³/mol. The molecule has 0 spiro atoms. The number of carbonyl (C=O) groups is 2. The van der Waals surface area contributed by atoms with Crippen LogP contribution in [0.2, 0.25) is 0 Å². The van der Waals surface area contributed by atoms with Crippen molar-refractivity contribution in [1.82, 2.24) is 4.90 Å². The summed E-state index contributed by atoms with van der Waals surface area (Å²) in [6, 6.07) is 4.96. The number of rotatable bonds is 3. The largest absolute Gasteiger partial charge is 0.416 e. The van der Waals surface area contributed by atoms with Crippen molar-refractivity contribution >= 4 is 17.5 Å². The van der Waals surface area contributed by atoms with E-state index in [1.165, 1.54) is 24.0 Å². The van der Waals surface area contributed by atoms with E-state index in [2.05, 4.69) is 6.58 Å². The Kier molecular flexibility index (Phi) is 5.52. The first-order valence-corrected chi connectivity index (χ1v) is 7.66. The number of carbonyl (C=O) groups excluding carboxylic acids is 2. The molecule has 1 aliphatic rings. The lowest BCUT2D eigenvalue weighted by Gasteiger charge is -2.40. The Hall–Kier alpha value is -2.35. The van der Waals surface area contributed by atoms with Gasteiger partial charge in [-0.15, -0.1) is 0 Å². The molecule has 0 aliphatic carbocycles. The third-order valence-corrected chi connectivity index (χ3v) is 4.15. The van der Waals surface area contributed by atoms with Crippen LogP contribution in [0.4, 0.5) is 18.9 Å². The normalized spacial score (nSPS) is 20.9. The number of hydrogen-bond donors (Lipinski definition) is 0. The molecular formula is C17H19F3N2O3. The van der Waals surface area contributed by atoms with Gasteiger partial charge in [0.2, 0.25) is 5.91 Å². The number of likely N-dealkylation sites (N-methyl/N-ethyl adjacent to an activating group) is 1. The molecule has 0 aromatic heterocycles. The topological polar surface area (TPSA) is 49.9 Å². The molecule has 0 radical (unpaired) electrons. The van der Waals surface area contributed by atoms with Gasteiger partial charge in [0.15, 0.2) is 6.10 Å². The summed E-state index contributed by atoms with van der Waals surface area (Å²) in [5.41, 5.74) is 0.794. The van der Waals surface area contributed by atoms with Crippen molar-refractivity contribution < 1.29 is 27.5 Å². The summed E-state index contributed by atoms with van der Waals surface area (Å²) in [6.45, 7) is 4.63. The van der Waals surface area contributed by atoms with E-state index in [1.54, 1.807) is 19.2 Å².